The molecule has 23 heavy (non-hydrogen) atoms. The molecule has 1 unspecified atom stereocenters. The van der Waals surface area contributed by atoms with Crippen molar-refractivity contribution in [1.29, 1.82) is 0 Å². The normalized spacial score (nSPS) is 17.3. The minimum Gasteiger partial charge on any atom is -0.342 e. The number of carbonyl (C=O) groups is 1. The van der Waals surface area contributed by atoms with Gasteiger partial charge in [0.15, 0.2) is 10.8 Å². The number of fused-ring (bicyclic) bond motifs is 1. The summed E-state index contributed by atoms with van der Waals surface area (Å²) in [6.45, 7) is 3.61. The summed E-state index contributed by atoms with van der Waals surface area (Å²) >= 11 is 13.6. The zero-order valence-electron chi connectivity index (χ0n) is 12.8. The Morgan fingerprint density at radius 2 is 1.91 bits per heavy atom. The van der Waals surface area contributed by atoms with E-state index in [-0.39, 0.29) is 11.2 Å². The van der Waals surface area contributed by atoms with Crippen molar-refractivity contribution in [3.63, 3.8) is 0 Å². The summed E-state index contributed by atoms with van der Waals surface area (Å²) < 4.78 is 1.74. The maximum atomic E-state index is 12.6. The predicted molar refractivity (Wildman–Crippen MR) is 93.4 cm³/mol. The van der Waals surface area contributed by atoms with Crippen molar-refractivity contribution in [3.05, 3.63) is 22.3 Å². The molecule has 1 atom stereocenters. The van der Waals surface area contributed by atoms with Gasteiger partial charge in [-0.2, -0.15) is 0 Å². The van der Waals surface area contributed by atoms with Crippen LogP contribution in [0, 0.1) is 0 Å². The van der Waals surface area contributed by atoms with Gasteiger partial charge in [0.05, 0.1) is 15.3 Å². The minimum atomic E-state index is -0.224. The molecule has 0 saturated carbocycles. The number of carbonyl (C=O) groups excluding carboxylic acids is 1. The molecular formula is C15H18Cl2N4OS. The molecule has 2 aromatic heterocycles. The van der Waals surface area contributed by atoms with Crippen LogP contribution < -0.4 is 0 Å². The molecule has 0 spiro atoms. The van der Waals surface area contributed by atoms with Gasteiger partial charge in [0.2, 0.25) is 5.91 Å². The highest BCUT2D eigenvalue weighted by Gasteiger charge is 2.24. The molecule has 124 valence electrons. The van der Waals surface area contributed by atoms with Crippen molar-refractivity contribution in [3.8, 4) is 0 Å². The molecule has 1 saturated heterocycles. The van der Waals surface area contributed by atoms with Crippen LogP contribution in [-0.2, 0) is 4.79 Å². The summed E-state index contributed by atoms with van der Waals surface area (Å²) in [5, 5.41) is 9.58. The maximum absolute atomic E-state index is 12.6. The van der Waals surface area contributed by atoms with Gasteiger partial charge >= 0.3 is 0 Å². The average molecular weight is 373 g/mol. The lowest BCUT2D eigenvalue weighted by molar-refractivity contribution is -0.130. The minimum absolute atomic E-state index is 0.154. The van der Waals surface area contributed by atoms with Gasteiger partial charge in [0, 0.05) is 19.3 Å². The fourth-order valence-corrected chi connectivity index (χ4v) is 4.16. The number of nitrogens with zero attached hydrogens (tertiary/aromatic N) is 4. The molecule has 3 heterocycles. The van der Waals surface area contributed by atoms with Crippen molar-refractivity contribution < 1.29 is 4.79 Å². The summed E-state index contributed by atoms with van der Waals surface area (Å²) in [4.78, 5) is 14.6. The largest absolute Gasteiger partial charge is 0.342 e. The molecule has 1 aliphatic rings. The fourth-order valence-electron chi connectivity index (χ4n) is 2.74. The molecule has 1 fully saturated rings. The number of hydrogen-bond acceptors (Lipinski definition) is 4. The van der Waals surface area contributed by atoms with E-state index in [2.05, 4.69) is 10.2 Å². The number of pyridine rings is 1. The lowest BCUT2D eigenvalue weighted by Gasteiger charge is -2.23. The number of aromatic nitrogens is 3. The van der Waals surface area contributed by atoms with Crippen molar-refractivity contribution in [2.24, 2.45) is 0 Å². The van der Waals surface area contributed by atoms with Crippen LogP contribution in [0.5, 0.6) is 0 Å². The Kier molecular flexibility index (Phi) is 5.34. The van der Waals surface area contributed by atoms with E-state index in [1.54, 1.807) is 16.7 Å². The number of rotatable bonds is 3. The molecular weight excluding hydrogens is 355 g/mol. The van der Waals surface area contributed by atoms with E-state index < -0.39 is 0 Å². The third-order valence-corrected chi connectivity index (χ3v) is 5.47. The second kappa shape index (κ2) is 7.28. The Labute approximate surface area is 149 Å². The Bertz CT molecular complexity index is 713. The molecule has 5 nitrogen and oxygen atoms in total. The van der Waals surface area contributed by atoms with Crippen molar-refractivity contribution >= 4 is 46.5 Å². The van der Waals surface area contributed by atoms with Crippen LogP contribution in [0.15, 0.2) is 17.4 Å². The smallest absolute Gasteiger partial charge is 0.235 e. The number of amides is 1. The molecule has 1 amide bonds. The first-order valence-corrected chi connectivity index (χ1v) is 9.35. The van der Waals surface area contributed by atoms with E-state index in [9.17, 15) is 4.79 Å². The quantitative estimate of drug-likeness (QED) is 0.766. The SMILES string of the molecule is CC(Sc1nnc2c(Cl)cc(Cl)cn12)C(=O)N1CCCCCC1. The fraction of sp³-hybridized carbons (Fsp3) is 0.533. The second-order valence-electron chi connectivity index (χ2n) is 5.68. The molecule has 1 aliphatic heterocycles. The standard InChI is InChI=1S/C15H18Cl2N4OS/c1-10(14(22)20-6-4-2-3-5-7-20)23-15-19-18-13-12(17)8-11(16)9-21(13)15/h8-10H,2-7H2,1H3. The molecule has 3 rings (SSSR count). The second-order valence-corrected chi connectivity index (χ2v) is 7.83. The van der Waals surface area contributed by atoms with Gasteiger partial charge in [0.1, 0.15) is 0 Å². The van der Waals surface area contributed by atoms with Crippen LogP contribution >= 0.6 is 35.0 Å². The molecule has 0 bridgehead atoms. The Hall–Kier alpha value is -0.980. The predicted octanol–water partition coefficient (Wildman–Crippen LogP) is 3.92. The van der Waals surface area contributed by atoms with E-state index >= 15 is 0 Å². The summed E-state index contributed by atoms with van der Waals surface area (Å²) in [5.74, 6) is 0.154. The lowest BCUT2D eigenvalue weighted by atomic mass is 10.2. The van der Waals surface area contributed by atoms with Crippen LogP contribution in [0.25, 0.3) is 5.65 Å². The van der Waals surface area contributed by atoms with Gasteiger partial charge in [0.25, 0.3) is 0 Å². The van der Waals surface area contributed by atoms with E-state index in [4.69, 9.17) is 23.2 Å². The van der Waals surface area contributed by atoms with Gasteiger partial charge in [-0.05, 0) is 25.8 Å². The molecule has 8 heteroatoms. The zero-order chi connectivity index (χ0) is 16.4. The Morgan fingerprint density at radius 3 is 2.61 bits per heavy atom. The van der Waals surface area contributed by atoms with Gasteiger partial charge in [-0.1, -0.05) is 47.8 Å². The molecule has 2 aromatic rings. The first kappa shape index (κ1) is 16.9. The highest BCUT2D eigenvalue weighted by Crippen LogP contribution is 2.28. The van der Waals surface area contributed by atoms with Crippen LogP contribution in [0.1, 0.15) is 32.6 Å². The number of thioether (sulfide) groups is 1. The molecule has 0 radical (unpaired) electrons. The van der Waals surface area contributed by atoms with Crippen molar-refractivity contribution in [2.75, 3.05) is 13.1 Å². The summed E-state index contributed by atoms with van der Waals surface area (Å²) in [7, 11) is 0. The number of likely N-dealkylation sites (tertiary alicyclic amines) is 1. The summed E-state index contributed by atoms with van der Waals surface area (Å²) in [6, 6.07) is 1.63. The van der Waals surface area contributed by atoms with E-state index in [0.29, 0.717) is 20.8 Å². The van der Waals surface area contributed by atoms with E-state index in [0.717, 1.165) is 25.9 Å². The number of halogens is 2. The monoisotopic (exact) mass is 372 g/mol. The summed E-state index contributed by atoms with van der Waals surface area (Å²) in [5.41, 5.74) is 0.549. The van der Waals surface area contributed by atoms with Gasteiger partial charge in [-0.25, -0.2) is 0 Å². The Balaban J connectivity index is 1.77. The first-order chi connectivity index (χ1) is 11.1. The van der Waals surface area contributed by atoms with Gasteiger partial charge in [-0.3, -0.25) is 9.20 Å². The van der Waals surface area contributed by atoms with Crippen molar-refractivity contribution in [1.82, 2.24) is 19.5 Å². The van der Waals surface area contributed by atoms with Crippen LogP contribution in [0.2, 0.25) is 10.0 Å². The molecule has 0 N–H and O–H groups in total. The van der Waals surface area contributed by atoms with E-state index in [1.165, 1.54) is 24.6 Å². The third-order valence-electron chi connectivity index (χ3n) is 3.94. The average Bonchev–Trinajstić information content (AvgIpc) is 2.75. The molecule has 0 aromatic carbocycles. The zero-order valence-corrected chi connectivity index (χ0v) is 15.2. The topological polar surface area (TPSA) is 50.5 Å². The Morgan fingerprint density at radius 1 is 1.22 bits per heavy atom. The highest BCUT2D eigenvalue weighted by molar-refractivity contribution is 8.00. The van der Waals surface area contributed by atoms with Crippen LogP contribution in [-0.4, -0.2) is 43.7 Å². The van der Waals surface area contributed by atoms with E-state index in [1.807, 2.05) is 11.8 Å². The van der Waals surface area contributed by atoms with Crippen LogP contribution in [0.4, 0.5) is 0 Å². The third kappa shape index (κ3) is 3.75. The summed E-state index contributed by atoms with van der Waals surface area (Å²) in [6.07, 6.45) is 6.30. The van der Waals surface area contributed by atoms with Crippen molar-refractivity contribution in [2.45, 2.75) is 43.0 Å². The van der Waals surface area contributed by atoms with Gasteiger partial charge < -0.3 is 4.90 Å². The first-order valence-electron chi connectivity index (χ1n) is 7.71. The highest BCUT2D eigenvalue weighted by atomic mass is 35.5. The van der Waals surface area contributed by atoms with Gasteiger partial charge in [-0.15, -0.1) is 10.2 Å². The molecule has 0 aliphatic carbocycles. The maximum Gasteiger partial charge on any atom is 0.235 e. The van der Waals surface area contributed by atoms with Crippen LogP contribution in [0.3, 0.4) is 0 Å². The lowest BCUT2D eigenvalue weighted by Crippen LogP contribution is -2.37. The number of hydrogen-bond donors (Lipinski definition) is 0.